The number of nitrogens with zero attached hydrogens (tertiary/aromatic N) is 1. The lowest BCUT2D eigenvalue weighted by Gasteiger charge is -2.35. The van der Waals surface area contributed by atoms with Gasteiger partial charge in [-0.2, -0.15) is 0 Å². The largest absolute Gasteiger partial charge is 0.350 e. The van der Waals surface area contributed by atoms with Crippen LogP contribution in [-0.4, -0.2) is 23.9 Å². The number of hydrogen-bond donors (Lipinski definition) is 1. The number of fused-ring (bicyclic) bond motifs is 1. The second-order valence-electron chi connectivity index (χ2n) is 6.83. The number of thiophene rings is 1. The highest BCUT2D eigenvalue weighted by Crippen LogP contribution is 2.30. The van der Waals surface area contributed by atoms with Crippen LogP contribution in [0, 0.1) is 11.6 Å². The first kappa shape index (κ1) is 18.8. The van der Waals surface area contributed by atoms with Gasteiger partial charge in [-0.15, -0.1) is 11.3 Å². The van der Waals surface area contributed by atoms with Crippen LogP contribution >= 0.6 is 11.3 Å². The van der Waals surface area contributed by atoms with Crippen LogP contribution in [0.4, 0.5) is 8.78 Å². The molecule has 1 aromatic heterocycles. The number of benzene rings is 2. The summed E-state index contributed by atoms with van der Waals surface area (Å²) in [5.41, 5.74) is 2.10. The molecule has 2 aromatic carbocycles. The van der Waals surface area contributed by atoms with Gasteiger partial charge in [-0.3, -0.25) is 9.69 Å². The van der Waals surface area contributed by atoms with Crippen molar-refractivity contribution >= 4 is 17.2 Å². The second-order valence-corrected chi connectivity index (χ2v) is 7.81. The molecule has 1 aliphatic rings. The van der Waals surface area contributed by atoms with Crippen LogP contribution in [0.25, 0.3) is 0 Å². The van der Waals surface area contributed by atoms with Crippen LogP contribution in [0.2, 0.25) is 0 Å². The van der Waals surface area contributed by atoms with Crippen molar-refractivity contribution in [2.75, 3.05) is 13.1 Å². The lowest BCUT2D eigenvalue weighted by molar-refractivity contribution is 0.0920. The number of amides is 1. The number of carbonyl (C=O) groups excluding carboxylic acids is 1. The van der Waals surface area contributed by atoms with Crippen molar-refractivity contribution in [3.8, 4) is 0 Å². The molecular weight excluding hydrogens is 378 g/mol. The lowest BCUT2D eigenvalue weighted by Crippen LogP contribution is -2.40. The summed E-state index contributed by atoms with van der Waals surface area (Å²) in [7, 11) is 0. The third-order valence-electron chi connectivity index (χ3n) is 5.12. The van der Waals surface area contributed by atoms with Crippen molar-refractivity contribution in [1.29, 1.82) is 0 Å². The Morgan fingerprint density at radius 1 is 1.04 bits per heavy atom. The molecule has 2 heterocycles. The zero-order valence-electron chi connectivity index (χ0n) is 15.2. The van der Waals surface area contributed by atoms with Gasteiger partial charge in [-0.1, -0.05) is 36.4 Å². The highest BCUT2D eigenvalue weighted by atomic mass is 32.1. The van der Waals surface area contributed by atoms with E-state index in [1.165, 1.54) is 17.2 Å². The fourth-order valence-electron chi connectivity index (χ4n) is 3.67. The molecule has 3 aromatic rings. The number of nitrogens with one attached hydrogen (secondary N) is 1. The Morgan fingerprint density at radius 3 is 2.50 bits per heavy atom. The number of hydrogen-bond acceptors (Lipinski definition) is 3. The summed E-state index contributed by atoms with van der Waals surface area (Å²) in [5, 5.41) is 4.73. The molecule has 0 unspecified atom stereocenters. The molecule has 0 radical (unpaired) electrons. The van der Waals surface area contributed by atoms with E-state index in [1.54, 1.807) is 11.3 Å². The van der Waals surface area contributed by atoms with Crippen molar-refractivity contribution in [3.63, 3.8) is 0 Å². The molecule has 1 atom stereocenters. The molecule has 0 aliphatic carbocycles. The van der Waals surface area contributed by atoms with E-state index in [4.69, 9.17) is 0 Å². The Kier molecular flexibility index (Phi) is 5.50. The van der Waals surface area contributed by atoms with Crippen molar-refractivity contribution in [2.45, 2.75) is 19.0 Å². The van der Waals surface area contributed by atoms with Crippen LogP contribution in [0.5, 0.6) is 0 Å². The van der Waals surface area contributed by atoms with Crippen molar-refractivity contribution in [1.82, 2.24) is 10.2 Å². The molecule has 3 nitrogen and oxygen atoms in total. The molecular formula is C22H20F2N2OS. The third-order valence-corrected chi connectivity index (χ3v) is 6.09. The maximum Gasteiger partial charge on any atom is 0.257 e. The van der Waals surface area contributed by atoms with E-state index in [0.717, 1.165) is 36.5 Å². The molecule has 1 aliphatic heterocycles. The van der Waals surface area contributed by atoms with Crippen LogP contribution in [-0.2, 0) is 13.0 Å². The van der Waals surface area contributed by atoms with Crippen molar-refractivity contribution in [3.05, 3.63) is 93.2 Å². The van der Waals surface area contributed by atoms with Gasteiger partial charge in [0.1, 0.15) is 17.2 Å². The predicted octanol–water partition coefficient (Wildman–Crippen LogP) is 4.56. The first-order valence-electron chi connectivity index (χ1n) is 9.20. The Morgan fingerprint density at radius 2 is 1.79 bits per heavy atom. The number of carbonyl (C=O) groups is 1. The molecule has 0 bridgehead atoms. The fourth-order valence-corrected chi connectivity index (χ4v) is 4.53. The first-order chi connectivity index (χ1) is 13.6. The van der Waals surface area contributed by atoms with Crippen molar-refractivity contribution in [2.24, 2.45) is 0 Å². The summed E-state index contributed by atoms with van der Waals surface area (Å²) in [5.74, 6) is -2.43. The molecule has 1 amide bonds. The number of rotatable bonds is 5. The Labute approximate surface area is 166 Å². The van der Waals surface area contributed by atoms with Gasteiger partial charge in [0.2, 0.25) is 0 Å². The molecule has 28 heavy (non-hydrogen) atoms. The SMILES string of the molecule is O=C(NC[C@H](c1cccs1)N1CCc2ccccc2C1)c1c(F)cccc1F. The summed E-state index contributed by atoms with van der Waals surface area (Å²) in [6.45, 7) is 1.93. The molecule has 0 saturated heterocycles. The maximum atomic E-state index is 13.9. The van der Waals surface area contributed by atoms with Gasteiger partial charge in [0.25, 0.3) is 5.91 Å². The lowest BCUT2D eigenvalue weighted by atomic mass is 9.98. The highest BCUT2D eigenvalue weighted by Gasteiger charge is 2.27. The quantitative estimate of drug-likeness (QED) is 0.684. The standard InChI is InChI=1S/C22H20F2N2OS/c23-17-7-3-8-18(24)21(17)22(27)25-13-19(20-9-4-12-28-20)26-11-10-15-5-1-2-6-16(15)14-26/h1-9,12,19H,10-11,13-14H2,(H,25,27)/t19-/m1/s1. The average Bonchev–Trinajstić information content (AvgIpc) is 3.22. The Bertz CT molecular complexity index is 954. The summed E-state index contributed by atoms with van der Waals surface area (Å²) >= 11 is 1.62. The topological polar surface area (TPSA) is 32.3 Å². The van der Waals surface area contributed by atoms with E-state index in [-0.39, 0.29) is 12.6 Å². The first-order valence-corrected chi connectivity index (χ1v) is 10.1. The third kappa shape index (κ3) is 3.84. The Hall–Kier alpha value is -2.57. The van der Waals surface area contributed by atoms with E-state index < -0.39 is 23.1 Å². The van der Waals surface area contributed by atoms with Crippen LogP contribution < -0.4 is 5.32 Å². The van der Waals surface area contributed by atoms with Gasteiger partial charge >= 0.3 is 0 Å². The minimum atomic E-state index is -0.850. The minimum Gasteiger partial charge on any atom is -0.350 e. The zero-order valence-corrected chi connectivity index (χ0v) is 16.0. The Balaban J connectivity index is 1.53. The summed E-state index contributed by atoms with van der Waals surface area (Å²) in [6, 6.07) is 15.8. The van der Waals surface area contributed by atoms with Gasteiger partial charge in [0, 0.05) is 24.5 Å². The van der Waals surface area contributed by atoms with E-state index >= 15 is 0 Å². The van der Waals surface area contributed by atoms with E-state index in [1.807, 2.05) is 23.6 Å². The van der Waals surface area contributed by atoms with Crippen LogP contribution in [0.1, 0.15) is 32.4 Å². The molecule has 6 heteroatoms. The monoisotopic (exact) mass is 398 g/mol. The van der Waals surface area contributed by atoms with E-state index in [9.17, 15) is 13.6 Å². The fraction of sp³-hybridized carbons (Fsp3) is 0.227. The number of halogens is 2. The summed E-state index contributed by atoms with van der Waals surface area (Å²) < 4.78 is 27.8. The van der Waals surface area contributed by atoms with Gasteiger partial charge in [-0.25, -0.2) is 8.78 Å². The van der Waals surface area contributed by atoms with Gasteiger partial charge in [0.05, 0.1) is 6.04 Å². The van der Waals surface area contributed by atoms with Gasteiger partial charge < -0.3 is 5.32 Å². The summed E-state index contributed by atoms with van der Waals surface area (Å²) in [4.78, 5) is 15.9. The summed E-state index contributed by atoms with van der Waals surface area (Å²) in [6.07, 6.45) is 0.938. The zero-order chi connectivity index (χ0) is 19.5. The molecule has 4 rings (SSSR count). The maximum absolute atomic E-state index is 13.9. The highest BCUT2D eigenvalue weighted by molar-refractivity contribution is 7.10. The smallest absolute Gasteiger partial charge is 0.257 e. The van der Waals surface area contributed by atoms with Gasteiger partial charge in [-0.05, 0) is 41.1 Å². The predicted molar refractivity (Wildman–Crippen MR) is 106 cm³/mol. The van der Waals surface area contributed by atoms with E-state index in [2.05, 4.69) is 28.4 Å². The van der Waals surface area contributed by atoms with Gasteiger partial charge in [0.15, 0.2) is 0 Å². The van der Waals surface area contributed by atoms with Crippen LogP contribution in [0.15, 0.2) is 60.0 Å². The molecule has 0 spiro atoms. The molecule has 1 N–H and O–H groups in total. The molecule has 0 fully saturated rings. The second kappa shape index (κ2) is 8.20. The van der Waals surface area contributed by atoms with Crippen molar-refractivity contribution < 1.29 is 13.6 Å². The average molecular weight is 398 g/mol. The minimum absolute atomic E-state index is 0.0489. The normalized spacial score (nSPS) is 15.1. The molecule has 0 saturated carbocycles. The van der Waals surface area contributed by atoms with Crippen LogP contribution in [0.3, 0.4) is 0 Å². The molecule has 144 valence electrons. The van der Waals surface area contributed by atoms with E-state index in [0.29, 0.717) is 0 Å².